The molecule has 2 aromatic carbocycles. The largest absolute Gasteiger partial charge is 0.466 e. The number of carbonyl (C=O) groups is 3. The minimum Gasteiger partial charge on any atom is -0.466 e. The molecule has 2 aromatic rings. The van der Waals surface area contributed by atoms with Gasteiger partial charge in [0.05, 0.1) is 35.1 Å². The Morgan fingerprint density at radius 2 is 1.71 bits per heavy atom. The molecule has 2 amide bonds. The van der Waals surface area contributed by atoms with Crippen molar-refractivity contribution < 1.29 is 27.5 Å². The summed E-state index contributed by atoms with van der Waals surface area (Å²) in [5.41, 5.74) is 2.80. The Morgan fingerprint density at radius 3 is 2.43 bits per heavy atom. The zero-order valence-electron chi connectivity index (χ0n) is 19.4. The van der Waals surface area contributed by atoms with Crippen molar-refractivity contribution in [3.63, 3.8) is 0 Å². The third-order valence-electron chi connectivity index (χ3n) is 7.02. The van der Waals surface area contributed by atoms with Crippen molar-refractivity contribution >= 4 is 39.1 Å². The van der Waals surface area contributed by atoms with Crippen molar-refractivity contribution in [1.29, 1.82) is 0 Å². The Hall–Kier alpha value is -3.46. The van der Waals surface area contributed by atoms with Crippen molar-refractivity contribution in [3.8, 4) is 0 Å². The fourth-order valence-electron chi connectivity index (χ4n) is 5.51. The fraction of sp³-hybridized carbons (Fsp3) is 0.346. The molecule has 35 heavy (non-hydrogen) atoms. The number of nitrogens with one attached hydrogen (secondary N) is 1. The number of carbonyl (C=O) groups excluding carboxylic acids is 3. The van der Waals surface area contributed by atoms with Gasteiger partial charge in [-0.25, -0.2) is 8.42 Å². The van der Waals surface area contributed by atoms with Gasteiger partial charge in [0.15, 0.2) is 0 Å². The summed E-state index contributed by atoms with van der Waals surface area (Å²) in [6.45, 7) is 3.86. The molecular weight excluding hydrogens is 468 g/mol. The number of aryl methyl sites for hydroxylation is 1. The lowest BCUT2D eigenvalue weighted by molar-refractivity contribution is -0.143. The Kier molecular flexibility index (Phi) is 5.75. The molecule has 182 valence electrons. The molecule has 1 aliphatic carbocycles. The summed E-state index contributed by atoms with van der Waals surface area (Å²) in [4.78, 5) is 38.1. The van der Waals surface area contributed by atoms with E-state index in [1.165, 1.54) is 4.31 Å². The van der Waals surface area contributed by atoms with Gasteiger partial charge in [0, 0.05) is 12.0 Å². The van der Waals surface area contributed by atoms with E-state index >= 15 is 0 Å². The Morgan fingerprint density at radius 1 is 1.03 bits per heavy atom. The molecule has 1 fully saturated rings. The molecule has 3 aliphatic rings. The van der Waals surface area contributed by atoms with Crippen molar-refractivity contribution in [3.05, 3.63) is 65.7 Å². The molecule has 4 atom stereocenters. The molecule has 1 saturated heterocycles. The first kappa shape index (κ1) is 23.3. The van der Waals surface area contributed by atoms with Crippen LogP contribution in [0.1, 0.15) is 30.9 Å². The van der Waals surface area contributed by atoms with Gasteiger partial charge in [-0.15, -0.1) is 0 Å². The van der Waals surface area contributed by atoms with Gasteiger partial charge in [0.1, 0.15) is 0 Å². The second-order valence-electron chi connectivity index (χ2n) is 9.11. The molecule has 5 rings (SSSR count). The molecule has 8 nitrogen and oxygen atoms in total. The van der Waals surface area contributed by atoms with Gasteiger partial charge in [0.25, 0.3) is 10.0 Å². The Labute approximate surface area is 204 Å². The molecule has 0 unspecified atom stereocenters. The number of anilines is 1. The molecule has 1 N–H and O–H groups in total. The van der Waals surface area contributed by atoms with Crippen LogP contribution in [0.2, 0.25) is 0 Å². The standard InChI is InChI=1S/C26H26N2O6S/c1-3-34-21(29)13-10-16-14-19-18-6-4-5-7-20(18)28(24(19)23-22(16)25(30)27-26(23)31)35(32,33)17-11-8-15(2)9-12-17/h4-9,11-12,14,16,22-24H,3,10,13H2,1-2H3,(H,27,30,31)/t16-,22+,23+,24-/m1/s1. The lowest BCUT2D eigenvalue weighted by Gasteiger charge is -2.37. The zero-order chi connectivity index (χ0) is 24.9. The van der Waals surface area contributed by atoms with Crippen LogP contribution in [0.25, 0.3) is 5.57 Å². The van der Waals surface area contributed by atoms with E-state index < -0.39 is 45.6 Å². The molecule has 0 bridgehead atoms. The third kappa shape index (κ3) is 3.74. The molecule has 0 saturated carbocycles. The number of amides is 2. The number of allylic oxidation sites excluding steroid dienone is 1. The number of fused-ring (bicyclic) bond motifs is 5. The number of sulfonamides is 1. The van der Waals surface area contributed by atoms with Crippen molar-refractivity contribution in [2.75, 3.05) is 10.9 Å². The van der Waals surface area contributed by atoms with E-state index in [0.29, 0.717) is 23.2 Å². The Balaban J connectivity index is 1.63. The van der Waals surface area contributed by atoms with Gasteiger partial charge >= 0.3 is 5.97 Å². The monoisotopic (exact) mass is 494 g/mol. The van der Waals surface area contributed by atoms with Crippen LogP contribution < -0.4 is 9.62 Å². The van der Waals surface area contributed by atoms with Crippen molar-refractivity contribution in [1.82, 2.24) is 5.32 Å². The summed E-state index contributed by atoms with van der Waals surface area (Å²) in [5.74, 6) is -3.37. The van der Waals surface area contributed by atoms with E-state index in [1.807, 2.05) is 25.1 Å². The van der Waals surface area contributed by atoms with Crippen LogP contribution in [-0.4, -0.2) is 38.9 Å². The van der Waals surface area contributed by atoms with E-state index in [4.69, 9.17) is 4.74 Å². The maximum absolute atomic E-state index is 13.9. The SMILES string of the molecule is CCOC(=O)CC[C@@H]1C=C2c3ccccc3N(S(=O)(=O)c3ccc(C)cc3)[C@H]2[C@H]2C(=O)NC(=O)[C@H]21. The minimum atomic E-state index is -4.04. The summed E-state index contributed by atoms with van der Waals surface area (Å²) in [6.07, 6.45) is 2.31. The van der Waals surface area contributed by atoms with Gasteiger partial charge in [-0.3, -0.25) is 24.0 Å². The highest BCUT2D eigenvalue weighted by Crippen LogP contribution is 2.53. The van der Waals surface area contributed by atoms with E-state index in [-0.39, 0.29) is 23.9 Å². The highest BCUT2D eigenvalue weighted by molar-refractivity contribution is 7.93. The summed E-state index contributed by atoms with van der Waals surface area (Å²) >= 11 is 0. The second-order valence-corrected chi connectivity index (χ2v) is 10.9. The summed E-state index contributed by atoms with van der Waals surface area (Å²) in [6, 6.07) is 12.8. The number of ether oxygens (including phenoxy) is 1. The predicted octanol–water partition coefficient (Wildman–Crippen LogP) is 2.82. The van der Waals surface area contributed by atoms with Crippen LogP contribution in [0, 0.1) is 24.7 Å². The summed E-state index contributed by atoms with van der Waals surface area (Å²) < 4.78 is 34.2. The molecule has 0 spiro atoms. The minimum absolute atomic E-state index is 0.102. The lowest BCUT2D eigenvalue weighted by Crippen LogP contribution is -2.49. The van der Waals surface area contributed by atoms with Crippen LogP contribution >= 0.6 is 0 Å². The maximum atomic E-state index is 13.9. The average molecular weight is 495 g/mol. The number of rotatable bonds is 6. The van der Waals surface area contributed by atoms with E-state index in [2.05, 4.69) is 5.32 Å². The van der Waals surface area contributed by atoms with E-state index in [1.54, 1.807) is 43.3 Å². The smallest absolute Gasteiger partial charge is 0.305 e. The third-order valence-corrected chi connectivity index (χ3v) is 8.83. The zero-order valence-corrected chi connectivity index (χ0v) is 20.2. The van der Waals surface area contributed by atoms with Gasteiger partial charge in [-0.1, -0.05) is 42.0 Å². The number of para-hydroxylation sites is 1. The first-order chi connectivity index (χ1) is 16.7. The highest BCUT2D eigenvalue weighted by atomic mass is 32.2. The quantitative estimate of drug-likeness (QED) is 0.489. The number of benzene rings is 2. The van der Waals surface area contributed by atoms with Crippen LogP contribution in [0.5, 0.6) is 0 Å². The van der Waals surface area contributed by atoms with Gasteiger partial charge in [-0.05, 0) is 50.0 Å². The molecular formula is C26H26N2O6S. The molecule has 9 heteroatoms. The average Bonchev–Trinajstić information content (AvgIpc) is 3.32. The van der Waals surface area contributed by atoms with E-state index in [0.717, 1.165) is 5.56 Å². The first-order valence-electron chi connectivity index (χ1n) is 11.7. The first-order valence-corrected chi connectivity index (χ1v) is 13.1. The molecule has 0 aromatic heterocycles. The maximum Gasteiger partial charge on any atom is 0.305 e. The van der Waals surface area contributed by atoms with Crippen LogP contribution in [0.4, 0.5) is 5.69 Å². The number of hydrogen-bond acceptors (Lipinski definition) is 6. The van der Waals surface area contributed by atoms with Crippen molar-refractivity contribution in [2.45, 2.75) is 37.6 Å². The number of hydrogen-bond donors (Lipinski definition) is 1. The second kappa shape index (κ2) is 8.64. The molecule has 2 aliphatic heterocycles. The predicted molar refractivity (Wildman–Crippen MR) is 129 cm³/mol. The highest BCUT2D eigenvalue weighted by Gasteiger charge is 2.58. The Bertz CT molecular complexity index is 1350. The molecule has 0 radical (unpaired) electrons. The number of imide groups is 1. The van der Waals surface area contributed by atoms with Gasteiger partial charge in [0.2, 0.25) is 11.8 Å². The van der Waals surface area contributed by atoms with Gasteiger partial charge < -0.3 is 4.74 Å². The van der Waals surface area contributed by atoms with Crippen LogP contribution in [-0.2, 0) is 29.1 Å². The summed E-state index contributed by atoms with van der Waals surface area (Å²) in [5, 5.41) is 2.41. The molecule has 2 heterocycles. The lowest BCUT2D eigenvalue weighted by atomic mass is 9.70. The van der Waals surface area contributed by atoms with Crippen LogP contribution in [0.3, 0.4) is 0 Å². The van der Waals surface area contributed by atoms with Crippen molar-refractivity contribution in [2.24, 2.45) is 17.8 Å². The normalized spacial score (nSPS) is 24.9. The van der Waals surface area contributed by atoms with Gasteiger partial charge in [-0.2, -0.15) is 0 Å². The number of esters is 1. The fourth-order valence-corrected chi connectivity index (χ4v) is 7.17. The topological polar surface area (TPSA) is 110 Å². The summed E-state index contributed by atoms with van der Waals surface area (Å²) in [7, 11) is -4.04. The number of nitrogens with zero attached hydrogens (tertiary/aromatic N) is 1. The van der Waals surface area contributed by atoms with Crippen LogP contribution in [0.15, 0.2) is 59.5 Å². The van der Waals surface area contributed by atoms with E-state index in [9.17, 15) is 22.8 Å².